The highest BCUT2D eigenvalue weighted by molar-refractivity contribution is 7.09. The van der Waals surface area contributed by atoms with Crippen molar-refractivity contribution >= 4 is 23.3 Å². The summed E-state index contributed by atoms with van der Waals surface area (Å²) in [6.45, 7) is 0.763. The van der Waals surface area contributed by atoms with Crippen molar-refractivity contribution in [2.24, 2.45) is 5.41 Å². The molecule has 1 aliphatic carbocycles. The topological polar surface area (TPSA) is 69.6 Å². The molecule has 19 heavy (non-hydrogen) atoms. The zero-order valence-electron chi connectivity index (χ0n) is 10.9. The van der Waals surface area contributed by atoms with Gasteiger partial charge < -0.3 is 15.3 Å². The SMILES string of the molecule is CN(Cc1cccs1)C(=O)NCC1(C(=O)O)CCC1. The predicted molar refractivity (Wildman–Crippen MR) is 73.1 cm³/mol. The Morgan fingerprint density at radius 2 is 2.26 bits per heavy atom. The lowest BCUT2D eigenvalue weighted by Gasteiger charge is -2.37. The number of hydrogen-bond donors (Lipinski definition) is 2. The maximum absolute atomic E-state index is 11.9. The number of nitrogens with one attached hydrogen (secondary N) is 1. The van der Waals surface area contributed by atoms with Crippen molar-refractivity contribution in [2.45, 2.75) is 25.8 Å². The second-order valence-electron chi connectivity index (χ2n) is 5.03. The summed E-state index contributed by atoms with van der Waals surface area (Å²) in [6.07, 6.45) is 2.22. The van der Waals surface area contributed by atoms with Crippen LogP contribution in [0.25, 0.3) is 0 Å². The lowest BCUT2D eigenvalue weighted by molar-refractivity contribution is -0.153. The molecule has 1 heterocycles. The van der Waals surface area contributed by atoms with Crippen molar-refractivity contribution in [3.05, 3.63) is 22.4 Å². The number of amides is 2. The van der Waals surface area contributed by atoms with Gasteiger partial charge in [-0.05, 0) is 24.3 Å². The summed E-state index contributed by atoms with van der Waals surface area (Å²) in [6, 6.07) is 3.69. The van der Waals surface area contributed by atoms with Gasteiger partial charge in [0.15, 0.2) is 0 Å². The molecule has 2 amide bonds. The molecule has 1 aromatic heterocycles. The summed E-state index contributed by atoms with van der Waals surface area (Å²) in [5.74, 6) is -0.806. The highest BCUT2D eigenvalue weighted by Gasteiger charge is 2.44. The first-order chi connectivity index (χ1) is 9.03. The number of carboxylic acids is 1. The average molecular weight is 282 g/mol. The second kappa shape index (κ2) is 5.61. The van der Waals surface area contributed by atoms with Crippen LogP contribution in [0.3, 0.4) is 0 Å². The van der Waals surface area contributed by atoms with Crippen molar-refractivity contribution in [1.29, 1.82) is 0 Å². The molecule has 2 rings (SSSR count). The van der Waals surface area contributed by atoms with Gasteiger partial charge in [0.05, 0.1) is 12.0 Å². The number of carbonyl (C=O) groups is 2. The van der Waals surface area contributed by atoms with E-state index in [-0.39, 0.29) is 12.6 Å². The molecule has 0 saturated heterocycles. The van der Waals surface area contributed by atoms with Gasteiger partial charge in [-0.2, -0.15) is 0 Å². The van der Waals surface area contributed by atoms with Crippen molar-refractivity contribution < 1.29 is 14.7 Å². The number of carboxylic acid groups (broad SMARTS) is 1. The smallest absolute Gasteiger partial charge is 0.317 e. The van der Waals surface area contributed by atoms with Gasteiger partial charge in [0.25, 0.3) is 0 Å². The van der Waals surface area contributed by atoms with Crippen LogP contribution in [0.4, 0.5) is 4.79 Å². The summed E-state index contributed by atoms with van der Waals surface area (Å²) in [7, 11) is 1.71. The Morgan fingerprint density at radius 3 is 2.74 bits per heavy atom. The van der Waals surface area contributed by atoms with E-state index < -0.39 is 11.4 Å². The molecule has 104 valence electrons. The van der Waals surface area contributed by atoms with E-state index in [0.717, 1.165) is 11.3 Å². The predicted octanol–water partition coefficient (Wildman–Crippen LogP) is 2.14. The van der Waals surface area contributed by atoms with E-state index in [2.05, 4.69) is 5.32 Å². The van der Waals surface area contributed by atoms with Gasteiger partial charge in [0.2, 0.25) is 0 Å². The minimum Gasteiger partial charge on any atom is -0.481 e. The molecule has 1 aliphatic rings. The molecule has 2 N–H and O–H groups in total. The molecular formula is C13H18N2O3S. The van der Waals surface area contributed by atoms with E-state index in [1.54, 1.807) is 23.3 Å². The third-order valence-corrected chi connectivity index (χ3v) is 4.52. The van der Waals surface area contributed by atoms with Crippen LogP contribution in [0.1, 0.15) is 24.1 Å². The van der Waals surface area contributed by atoms with E-state index in [1.807, 2.05) is 17.5 Å². The highest BCUT2D eigenvalue weighted by atomic mass is 32.1. The third kappa shape index (κ3) is 3.07. The van der Waals surface area contributed by atoms with E-state index in [9.17, 15) is 14.7 Å². The van der Waals surface area contributed by atoms with Gasteiger partial charge in [0.1, 0.15) is 0 Å². The molecule has 0 radical (unpaired) electrons. The van der Waals surface area contributed by atoms with Crippen molar-refractivity contribution in [3.8, 4) is 0 Å². The zero-order valence-corrected chi connectivity index (χ0v) is 11.7. The molecule has 6 heteroatoms. The summed E-state index contributed by atoms with van der Waals surface area (Å²) < 4.78 is 0. The van der Waals surface area contributed by atoms with Gasteiger partial charge in [-0.3, -0.25) is 4.79 Å². The molecule has 0 bridgehead atoms. The summed E-state index contributed by atoms with van der Waals surface area (Å²) in [5.41, 5.74) is -0.737. The average Bonchev–Trinajstić information content (AvgIpc) is 2.79. The van der Waals surface area contributed by atoms with Crippen molar-refractivity contribution in [2.75, 3.05) is 13.6 Å². The van der Waals surface area contributed by atoms with E-state index in [1.165, 1.54) is 0 Å². The number of urea groups is 1. The Balaban J connectivity index is 1.82. The first kappa shape index (κ1) is 13.9. The number of nitrogens with zero attached hydrogens (tertiary/aromatic N) is 1. The van der Waals surface area contributed by atoms with Crippen LogP contribution < -0.4 is 5.32 Å². The fraction of sp³-hybridized carbons (Fsp3) is 0.538. The largest absolute Gasteiger partial charge is 0.481 e. The minimum absolute atomic E-state index is 0.218. The molecule has 0 aromatic carbocycles. The van der Waals surface area contributed by atoms with Crippen molar-refractivity contribution in [3.63, 3.8) is 0 Å². The first-order valence-electron chi connectivity index (χ1n) is 6.28. The van der Waals surface area contributed by atoms with Gasteiger partial charge >= 0.3 is 12.0 Å². The molecule has 0 aliphatic heterocycles. The van der Waals surface area contributed by atoms with Crippen LogP contribution in [0, 0.1) is 5.41 Å². The Kier molecular flexibility index (Phi) is 4.09. The zero-order chi connectivity index (χ0) is 13.9. The monoisotopic (exact) mass is 282 g/mol. The van der Waals surface area contributed by atoms with E-state index in [0.29, 0.717) is 19.4 Å². The van der Waals surface area contributed by atoms with Crippen LogP contribution in [0.2, 0.25) is 0 Å². The van der Waals surface area contributed by atoms with Crippen LogP contribution in [0.15, 0.2) is 17.5 Å². The minimum atomic E-state index is -0.806. The summed E-state index contributed by atoms with van der Waals surface area (Å²) in [5, 5.41) is 13.9. The van der Waals surface area contributed by atoms with Crippen LogP contribution in [-0.2, 0) is 11.3 Å². The fourth-order valence-corrected chi connectivity index (χ4v) is 2.91. The normalized spacial score (nSPS) is 16.5. The van der Waals surface area contributed by atoms with Crippen molar-refractivity contribution in [1.82, 2.24) is 10.2 Å². The molecule has 1 saturated carbocycles. The number of rotatable bonds is 5. The van der Waals surface area contributed by atoms with Crippen LogP contribution >= 0.6 is 11.3 Å². The van der Waals surface area contributed by atoms with Gasteiger partial charge in [0, 0.05) is 18.5 Å². The standard InChI is InChI=1S/C13H18N2O3S/c1-15(8-10-4-2-7-19-10)12(18)14-9-13(11(16)17)5-3-6-13/h2,4,7H,3,5-6,8-9H2,1H3,(H,14,18)(H,16,17). The first-order valence-corrected chi connectivity index (χ1v) is 7.16. The Hall–Kier alpha value is -1.56. The van der Waals surface area contributed by atoms with Gasteiger partial charge in [-0.25, -0.2) is 4.79 Å². The van der Waals surface area contributed by atoms with Gasteiger partial charge in [-0.1, -0.05) is 12.5 Å². The number of thiophene rings is 1. The Labute approximate surface area is 116 Å². The maximum atomic E-state index is 11.9. The molecule has 1 fully saturated rings. The van der Waals surface area contributed by atoms with Gasteiger partial charge in [-0.15, -0.1) is 11.3 Å². The maximum Gasteiger partial charge on any atom is 0.317 e. The molecule has 0 unspecified atom stereocenters. The quantitative estimate of drug-likeness (QED) is 0.869. The molecule has 0 atom stereocenters. The number of hydrogen-bond acceptors (Lipinski definition) is 3. The molecule has 0 spiro atoms. The third-order valence-electron chi connectivity index (χ3n) is 3.66. The lowest BCUT2D eigenvalue weighted by Crippen LogP contribution is -2.49. The summed E-state index contributed by atoms with van der Waals surface area (Å²) in [4.78, 5) is 25.8. The molecule has 1 aromatic rings. The Morgan fingerprint density at radius 1 is 1.53 bits per heavy atom. The fourth-order valence-electron chi connectivity index (χ4n) is 2.16. The van der Waals surface area contributed by atoms with Crippen LogP contribution in [-0.4, -0.2) is 35.6 Å². The number of carbonyl (C=O) groups excluding carboxylic acids is 1. The molecular weight excluding hydrogens is 264 g/mol. The second-order valence-corrected chi connectivity index (χ2v) is 6.07. The summed E-state index contributed by atoms with van der Waals surface area (Å²) >= 11 is 1.60. The van der Waals surface area contributed by atoms with E-state index in [4.69, 9.17) is 0 Å². The molecule has 5 nitrogen and oxygen atoms in total. The Bertz CT molecular complexity index is 454. The van der Waals surface area contributed by atoms with Crippen LogP contribution in [0.5, 0.6) is 0 Å². The van der Waals surface area contributed by atoms with E-state index >= 15 is 0 Å². The lowest BCUT2D eigenvalue weighted by atomic mass is 9.69. The highest BCUT2D eigenvalue weighted by Crippen LogP contribution is 2.40. The number of aliphatic carboxylic acids is 1.